The number of aromatic nitrogens is 2. The monoisotopic (exact) mass is 535 g/mol. The minimum Gasteiger partial charge on any atom is -0.496 e. The highest BCUT2D eigenvalue weighted by Crippen LogP contribution is 2.35. The number of piperidine rings is 1. The van der Waals surface area contributed by atoms with Crippen molar-refractivity contribution in [3.05, 3.63) is 57.9 Å². The lowest BCUT2D eigenvalue weighted by Crippen LogP contribution is -2.44. The molecule has 0 bridgehead atoms. The van der Waals surface area contributed by atoms with Crippen molar-refractivity contribution in [1.82, 2.24) is 10.2 Å². The molecule has 1 aliphatic rings. The number of ether oxygens (including phenoxy) is 1. The number of fused-ring (bicyclic) bond motifs is 1. The zero-order valence-corrected chi connectivity index (χ0v) is 20.4. The molecule has 1 aromatic heterocycles. The van der Waals surface area contributed by atoms with Crippen LogP contribution in [-0.4, -0.2) is 47.8 Å². The Hall–Kier alpha value is -2.67. The van der Waals surface area contributed by atoms with E-state index in [2.05, 4.69) is 36.3 Å². The Morgan fingerprint density at radius 2 is 1.97 bits per heavy atom. The topological polar surface area (TPSA) is 74.9 Å². The zero-order valence-electron chi connectivity index (χ0n) is 18.0. The number of alkyl halides is 1. The number of hydrogen-bond acceptors (Lipinski definition) is 6. The summed E-state index contributed by atoms with van der Waals surface area (Å²) in [4.78, 5) is 5.54. The first-order valence-electron chi connectivity index (χ1n) is 10.3. The van der Waals surface area contributed by atoms with Gasteiger partial charge in [-0.15, -0.1) is 22.6 Å². The third-order valence-corrected chi connectivity index (χ3v) is 6.41. The second-order valence-electron chi connectivity index (χ2n) is 7.83. The maximum atomic E-state index is 14.4. The second-order valence-corrected chi connectivity index (χ2v) is 8.69. The van der Waals surface area contributed by atoms with E-state index in [0.717, 1.165) is 26.6 Å². The van der Waals surface area contributed by atoms with Crippen molar-refractivity contribution in [2.75, 3.05) is 37.0 Å². The van der Waals surface area contributed by atoms with Crippen molar-refractivity contribution < 1.29 is 14.2 Å². The molecule has 2 N–H and O–H groups in total. The summed E-state index contributed by atoms with van der Waals surface area (Å²) in [5, 5.41) is 23.1. The first-order valence-corrected chi connectivity index (χ1v) is 11.0. The molecule has 3 aromatic rings. The molecule has 0 unspecified atom stereocenters. The molecule has 0 radical (unpaired) electrons. The highest BCUT2D eigenvalue weighted by molar-refractivity contribution is 9.10. The second kappa shape index (κ2) is 10.5. The van der Waals surface area contributed by atoms with E-state index < -0.39 is 12.3 Å². The van der Waals surface area contributed by atoms with Crippen LogP contribution in [0.1, 0.15) is 18.4 Å². The summed E-state index contributed by atoms with van der Waals surface area (Å²) < 4.78 is 20.6. The van der Waals surface area contributed by atoms with Crippen LogP contribution in [0.3, 0.4) is 0 Å². The molecule has 2 heterocycles. The molecule has 0 amide bonds. The van der Waals surface area contributed by atoms with Crippen LogP contribution >= 0.6 is 28.3 Å². The van der Waals surface area contributed by atoms with E-state index in [1.807, 2.05) is 29.2 Å². The smallest absolute Gasteiger partial charge is 0.188 e. The minimum atomic E-state index is -1.54. The number of nitrogens with zero attached hydrogens (tertiary/aromatic N) is 4. The molecule has 2 aromatic carbocycles. The lowest BCUT2D eigenvalue weighted by Gasteiger charge is -2.36. The third-order valence-electron chi connectivity index (χ3n) is 5.79. The van der Waals surface area contributed by atoms with E-state index in [1.54, 1.807) is 19.2 Å². The lowest BCUT2D eigenvalue weighted by atomic mass is 9.94. The largest absolute Gasteiger partial charge is 0.496 e. The van der Waals surface area contributed by atoms with Gasteiger partial charge in [-0.3, -0.25) is 0 Å². The molecule has 0 saturated carbocycles. The Bertz CT molecular complexity index is 1180. The molecule has 1 aliphatic heterocycles. The van der Waals surface area contributed by atoms with Gasteiger partial charge in [0.1, 0.15) is 11.4 Å². The minimum absolute atomic E-state index is 0. The Kier molecular flexibility index (Phi) is 7.95. The fourth-order valence-corrected chi connectivity index (χ4v) is 4.43. The number of rotatable bonds is 6. The van der Waals surface area contributed by atoms with Crippen molar-refractivity contribution >= 4 is 56.4 Å². The Morgan fingerprint density at radius 3 is 2.61 bits per heavy atom. The predicted octanol–water partition coefficient (Wildman–Crippen LogP) is 5.29. The molecule has 0 spiro atoms. The van der Waals surface area contributed by atoms with Gasteiger partial charge < -0.3 is 20.1 Å². The molecular weight excluding hydrogens is 513 g/mol. The number of aliphatic hydroxyl groups is 1. The van der Waals surface area contributed by atoms with E-state index in [9.17, 15) is 9.50 Å². The molecule has 0 atom stereocenters. The SMILES string of the molecule is Cl.[C-]#[N+]c1ccc2c(N3CCC(F)(CO)CC3)nnc(NCc3ccc(OC)c(Br)c3)c2c1. The van der Waals surface area contributed by atoms with Gasteiger partial charge in [0, 0.05) is 43.2 Å². The summed E-state index contributed by atoms with van der Waals surface area (Å²) in [5.74, 6) is 1.99. The van der Waals surface area contributed by atoms with E-state index >= 15 is 0 Å². The third kappa shape index (κ3) is 5.29. The van der Waals surface area contributed by atoms with Gasteiger partial charge in [-0.2, -0.15) is 0 Å². The summed E-state index contributed by atoms with van der Waals surface area (Å²) in [5.41, 5.74) is -0.00347. The van der Waals surface area contributed by atoms with Crippen LogP contribution in [0.4, 0.5) is 21.7 Å². The van der Waals surface area contributed by atoms with Crippen molar-refractivity contribution in [3.63, 3.8) is 0 Å². The first kappa shape index (κ1) is 25.0. The molecule has 0 aliphatic carbocycles. The highest BCUT2D eigenvalue weighted by atomic mass is 79.9. The number of nitrogens with one attached hydrogen (secondary N) is 1. The van der Waals surface area contributed by atoms with Gasteiger partial charge in [-0.1, -0.05) is 18.2 Å². The van der Waals surface area contributed by atoms with E-state index in [0.29, 0.717) is 37.0 Å². The van der Waals surface area contributed by atoms with Crippen LogP contribution in [0.5, 0.6) is 5.75 Å². The molecule has 10 heteroatoms. The van der Waals surface area contributed by atoms with Gasteiger partial charge in [0.2, 0.25) is 0 Å². The number of halogens is 3. The number of aliphatic hydroxyl groups excluding tert-OH is 1. The number of benzene rings is 2. The molecule has 33 heavy (non-hydrogen) atoms. The average Bonchev–Trinajstić information content (AvgIpc) is 2.83. The molecular formula is C23H24BrClFN5O2. The lowest BCUT2D eigenvalue weighted by molar-refractivity contribution is 0.0480. The van der Waals surface area contributed by atoms with E-state index in [-0.39, 0.29) is 25.2 Å². The molecule has 174 valence electrons. The molecule has 1 saturated heterocycles. The van der Waals surface area contributed by atoms with Gasteiger partial charge in [0.15, 0.2) is 17.3 Å². The van der Waals surface area contributed by atoms with Gasteiger partial charge in [0.05, 0.1) is 24.8 Å². The Labute approximate surface area is 206 Å². The molecule has 7 nitrogen and oxygen atoms in total. The zero-order chi connectivity index (χ0) is 22.7. The number of hydrogen-bond donors (Lipinski definition) is 2. The van der Waals surface area contributed by atoms with Gasteiger partial charge in [0.25, 0.3) is 0 Å². The highest BCUT2D eigenvalue weighted by Gasteiger charge is 2.34. The normalized spacial score (nSPS) is 14.9. The summed E-state index contributed by atoms with van der Waals surface area (Å²) >= 11 is 3.50. The van der Waals surface area contributed by atoms with Crippen LogP contribution in [0.2, 0.25) is 0 Å². The average molecular weight is 537 g/mol. The van der Waals surface area contributed by atoms with Crippen LogP contribution in [-0.2, 0) is 6.54 Å². The first-order chi connectivity index (χ1) is 15.5. The fraction of sp³-hybridized carbons (Fsp3) is 0.348. The van der Waals surface area contributed by atoms with Crippen molar-refractivity contribution in [2.45, 2.75) is 25.1 Å². The molecule has 1 fully saturated rings. The van der Waals surface area contributed by atoms with Crippen LogP contribution in [0, 0.1) is 6.57 Å². The van der Waals surface area contributed by atoms with E-state index in [4.69, 9.17) is 11.3 Å². The standard InChI is InChI=1S/C23H23BrFN5O2.ClH/c1-26-16-4-5-17-18(12-16)21(27-13-15-3-6-20(32-2)19(24)11-15)28-29-22(17)30-9-7-23(25,14-31)8-10-30;/h3-6,11-12,31H,7-10,13-14H2,2H3,(H,27,28);1H. The summed E-state index contributed by atoms with van der Waals surface area (Å²) in [6.45, 7) is 8.31. The van der Waals surface area contributed by atoms with Gasteiger partial charge >= 0.3 is 0 Å². The number of methoxy groups -OCH3 is 1. The Balaban J connectivity index is 0.00000306. The van der Waals surface area contributed by atoms with Crippen LogP contribution < -0.4 is 15.0 Å². The van der Waals surface area contributed by atoms with Crippen molar-refractivity contribution in [2.24, 2.45) is 0 Å². The van der Waals surface area contributed by atoms with Crippen LogP contribution in [0.15, 0.2) is 40.9 Å². The van der Waals surface area contributed by atoms with Crippen molar-refractivity contribution in [3.8, 4) is 5.75 Å². The fourth-order valence-electron chi connectivity index (χ4n) is 3.84. The van der Waals surface area contributed by atoms with Gasteiger partial charge in [-0.25, -0.2) is 9.24 Å². The predicted molar refractivity (Wildman–Crippen MR) is 133 cm³/mol. The quantitative estimate of drug-likeness (QED) is 0.417. The van der Waals surface area contributed by atoms with E-state index in [1.165, 1.54) is 0 Å². The Morgan fingerprint density at radius 1 is 1.21 bits per heavy atom. The molecule has 4 rings (SSSR count). The maximum Gasteiger partial charge on any atom is 0.188 e. The van der Waals surface area contributed by atoms with Crippen LogP contribution in [0.25, 0.3) is 15.6 Å². The number of anilines is 2. The van der Waals surface area contributed by atoms with Crippen molar-refractivity contribution in [1.29, 1.82) is 0 Å². The summed E-state index contributed by atoms with van der Waals surface area (Å²) in [6.07, 6.45) is 0.471. The van der Waals surface area contributed by atoms with Gasteiger partial charge in [-0.05, 0) is 39.7 Å². The summed E-state index contributed by atoms with van der Waals surface area (Å²) in [7, 11) is 1.62. The summed E-state index contributed by atoms with van der Waals surface area (Å²) in [6, 6.07) is 11.2. The maximum absolute atomic E-state index is 14.4.